The molecular formula is C16H31N. The second-order valence-electron chi connectivity index (χ2n) is 7.42. The highest BCUT2D eigenvalue weighted by Crippen LogP contribution is 2.37. The summed E-state index contributed by atoms with van der Waals surface area (Å²) in [7, 11) is 0. The lowest BCUT2D eigenvalue weighted by Gasteiger charge is -2.30. The lowest BCUT2D eigenvalue weighted by atomic mass is 9.76. The first-order chi connectivity index (χ1) is 8.05. The molecule has 100 valence electrons. The predicted molar refractivity (Wildman–Crippen MR) is 75.2 cm³/mol. The lowest BCUT2D eigenvalue weighted by molar-refractivity contribution is 0.213. The molecule has 0 aliphatic heterocycles. The van der Waals surface area contributed by atoms with Crippen LogP contribution in [0, 0.1) is 11.3 Å². The Morgan fingerprint density at radius 3 is 1.94 bits per heavy atom. The molecule has 0 aromatic carbocycles. The molecule has 2 fully saturated rings. The van der Waals surface area contributed by atoms with Gasteiger partial charge in [-0.25, -0.2) is 0 Å². The van der Waals surface area contributed by atoms with Crippen molar-refractivity contribution < 1.29 is 0 Å². The van der Waals surface area contributed by atoms with Crippen molar-refractivity contribution >= 4 is 0 Å². The quantitative estimate of drug-likeness (QED) is 0.697. The molecule has 0 saturated heterocycles. The Morgan fingerprint density at radius 2 is 1.29 bits per heavy atom. The average Bonchev–Trinajstić information content (AvgIpc) is 2.61. The minimum absolute atomic E-state index is 0.516. The third-order valence-electron chi connectivity index (χ3n) is 5.02. The van der Waals surface area contributed by atoms with Gasteiger partial charge in [0.1, 0.15) is 0 Å². The molecule has 0 aromatic rings. The van der Waals surface area contributed by atoms with E-state index in [1.54, 1.807) is 0 Å². The van der Waals surface area contributed by atoms with Crippen LogP contribution in [0.5, 0.6) is 0 Å². The number of hydrogen-bond donors (Lipinski definition) is 1. The van der Waals surface area contributed by atoms with Gasteiger partial charge in [0.25, 0.3) is 0 Å². The zero-order chi connectivity index (χ0) is 12.3. The van der Waals surface area contributed by atoms with Crippen LogP contribution in [-0.2, 0) is 0 Å². The largest absolute Gasteiger partial charge is 0.311 e. The van der Waals surface area contributed by atoms with Crippen LogP contribution in [-0.4, -0.2) is 12.1 Å². The zero-order valence-corrected chi connectivity index (χ0v) is 12.1. The summed E-state index contributed by atoms with van der Waals surface area (Å²) in [6.45, 7) is 7.26. The maximum absolute atomic E-state index is 3.93. The number of hydrogen-bond acceptors (Lipinski definition) is 1. The van der Waals surface area contributed by atoms with Gasteiger partial charge in [0.15, 0.2) is 0 Å². The van der Waals surface area contributed by atoms with E-state index in [-0.39, 0.29) is 0 Å². The average molecular weight is 237 g/mol. The van der Waals surface area contributed by atoms with Crippen LogP contribution < -0.4 is 5.32 Å². The predicted octanol–water partition coefficient (Wildman–Crippen LogP) is 4.51. The third kappa shape index (κ3) is 3.98. The Labute approximate surface area is 108 Å². The Kier molecular flexibility index (Phi) is 4.52. The van der Waals surface area contributed by atoms with Crippen molar-refractivity contribution in [3.8, 4) is 0 Å². The first-order valence-corrected chi connectivity index (χ1v) is 7.82. The molecule has 1 heteroatoms. The van der Waals surface area contributed by atoms with Crippen molar-refractivity contribution in [3.63, 3.8) is 0 Å². The van der Waals surface area contributed by atoms with E-state index < -0.39 is 0 Å². The van der Waals surface area contributed by atoms with Crippen molar-refractivity contribution in [3.05, 3.63) is 0 Å². The topological polar surface area (TPSA) is 12.0 Å². The molecule has 2 aliphatic rings. The van der Waals surface area contributed by atoms with Gasteiger partial charge in [-0.3, -0.25) is 0 Å². The summed E-state index contributed by atoms with van der Waals surface area (Å²) in [5.74, 6) is 0.942. The first kappa shape index (κ1) is 13.4. The van der Waals surface area contributed by atoms with Crippen molar-refractivity contribution in [1.29, 1.82) is 0 Å². The van der Waals surface area contributed by atoms with Crippen molar-refractivity contribution in [1.82, 2.24) is 5.32 Å². The molecule has 0 aromatic heterocycles. The van der Waals surface area contributed by atoms with Gasteiger partial charge in [-0.2, -0.15) is 0 Å². The van der Waals surface area contributed by atoms with Crippen LogP contribution in [0.1, 0.15) is 78.6 Å². The Bertz CT molecular complexity index is 222. The monoisotopic (exact) mass is 237 g/mol. The van der Waals surface area contributed by atoms with E-state index in [1.165, 1.54) is 57.8 Å². The molecule has 0 bridgehead atoms. The molecule has 2 rings (SSSR count). The number of nitrogens with one attached hydrogen (secondary N) is 1. The SMILES string of the molecule is CC(C)(C)C1CCCC(NC2CCCC2)CC1. The molecule has 0 amide bonds. The fourth-order valence-corrected chi connectivity index (χ4v) is 3.76. The molecule has 0 spiro atoms. The zero-order valence-electron chi connectivity index (χ0n) is 12.1. The van der Waals surface area contributed by atoms with Gasteiger partial charge < -0.3 is 5.32 Å². The second kappa shape index (κ2) is 5.73. The normalized spacial score (nSPS) is 32.6. The minimum atomic E-state index is 0.516. The van der Waals surface area contributed by atoms with Crippen LogP contribution in [0.4, 0.5) is 0 Å². The summed E-state index contributed by atoms with van der Waals surface area (Å²) in [5, 5.41) is 3.93. The Morgan fingerprint density at radius 1 is 0.706 bits per heavy atom. The van der Waals surface area contributed by atoms with Crippen LogP contribution in [0.3, 0.4) is 0 Å². The van der Waals surface area contributed by atoms with Crippen LogP contribution in [0.25, 0.3) is 0 Å². The molecule has 2 aliphatic carbocycles. The molecule has 1 N–H and O–H groups in total. The van der Waals surface area contributed by atoms with Crippen molar-refractivity contribution in [2.45, 2.75) is 90.6 Å². The van der Waals surface area contributed by atoms with Crippen LogP contribution in [0.2, 0.25) is 0 Å². The van der Waals surface area contributed by atoms with E-state index in [0.717, 1.165) is 18.0 Å². The van der Waals surface area contributed by atoms with Gasteiger partial charge in [0.05, 0.1) is 0 Å². The fourth-order valence-electron chi connectivity index (χ4n) is 3.76. The molecule has 1 nitrogen and oxygen atoms in total. The van der Waals surface area contributed by atoms with Gasteiger partial charge in [-0.05, 0) is 49.9 Å². The van der Waals surface area contributed by atoms with E-state index in [1.807, 2.05) is 0 Å². The molecule has 17 heavy (non-hydrogen) atoms. The van der Waals surface area contributed by atoms with E-state index in [0.29, 0.717) is 5.41 Å². The highest BCUT2D eigenvalue weighted by Gasteiger charge is 2.28. The van der Waals surface area contributed by atoms with Crippen LogP contribution >= 0.6 is 0 Å². The van der Waals surface area contributed by atoms with Gasteiger partial charge >= 0.3 is 0 Å². The molecule has 0 heterocycles. The molecule has 2 unspecified atom stereocenters. The van der Waals surface area contributed by atoms with E-state index in [9.17, 15) is 0 Å². The van der Waals surface area contributed by atoms with Gasteiger partial charge in [0.2, 0.25) is 0 Å². The second-order valence-corrected chi connectivity index (χ2v) is 7.42. The molecule has 2 atom stereocenters. The smallest absolute Gasteiger partial charge is 0.00697 e. The fraction of sp³-hybridized carbons (Fsp3) is 1.00. The highest BCUT2D eigenvalue weighted by atomic mass is 15.0. The summed E-state index contributed by atoms with van der Waals surface area (Å²) >= 11 is 0. The van der Waals surface area contributed by atoms with E-state index in [2.05, 4.69) is 26.1 Å². The highest BCUT2D eigenvalue weighted by molar-refractivity contribution is 4.84. The standard InChI is InChI=1S/C16H31N/c1-16(2,3)13-7-6-10-15(12-11-13)17-14-8-4-5-9-14/h13-15,17H,4-12H2,1-3H3. The molecular weight excluding hydrogens is 206 g/mol. The van der Waals surface area contributed by atoms with Gasteiger partial charge in [0, 0.05) is 12.1 Å². The lowest BCUT2D eigenvalue weighted by Crippen LogP contribution is -2.36. The first-order valence-electron chi connectivity index (χ1n) is 7.82. The summed E-state index contributed by atoms with van der Waals surface area (Å²) in [5.41, 5.74) is 0.516. The summed E-state index contributed by atoms with van der Waals surface area (Å²) < 4.78 is 0. The summed E-state index contributed by atoms with van der Waals surface area (Å²) in [6.07, 6.45) is 12.9. The minimum Gasteiger partial charge on any atom is -0.311 e. The molecule has 2 saturated carbocycles. The Balaban J connectivity index is 1.79. The van der Waals surface area contributed by atoms with Crippen LogP contribution in [0.15, 0.2) is 0 Å². The van der Waals surface area contributed by atoms with Crippen molar-refractivity contribution in [2.75, 3.05) is 0 Å². The third-order valence-corrected chi connectivity index (χ3v) is 5.02. The maximum Gasteiger partial charge on any atom is 0.00697 e. The Hall–Kier alpha value is -0.0400. The van der Waals surface area contributed by atoms with Gasteiger partial charge in [-0.1, -0.05) is 40.0 Å². The van der Waals surface area contributed by atoms with Crippen molar-refractivity contribution in [2.24, 2.45) is 11.3 Å². The van der Waals surface area contributed by atoms with Gasteiger partial charge in [-0.15, -0.1) is 0 Å². The maximum atomic E-state index is 3.93. The summed E-state index contributed by atoms with van der Waals surface area (Å²) in [6, 6.07) is 1.68. The summed E-state index contributed by atoms with van der Waals surface area (Å²) in [4.78, 5) is 0. The number of rotatable bonds is 2. The van der Waals surface area contributed by atoms with E-state index >= 15 is 0 Å². The van der Waals surface area contributed by atoms with E-state index in [4.69, 9.17) is 0 Å². The molecule has 0 radical (unpaired) electrons.